The first-order chi connectivity index (χ1) is 11.3. The van der Waals surface area contributed by atoms with Crippen molar-refractivity contribution in [3.8, 4) is 5.69 Å². The third-order valence-corrected chi connectivity index (χ3v) is 4.99. The Morgan fingerprint density at radius 2 is 2.00 bits per heavy atom. The Hall–Kier alpha value is -2.21. The van der Waals surface area contributed by atoms with Gasteiger partial charge in [0.25, 0.3) is 5.91 Å². The monoisotopic (exact) mass is 311 g/mol. The number of carbonyl (C=O) groups excluding carboxylic acids is 1. The first kappa shape index (κ1) is 14.4. The van der Waals surface area contributed by atoms with E-state index in [-0.39, 0.29) is 11.9 Å². The van der Waals surface area contributed by atoms with Crippen LogP contribution < -0.4 is 5.32 Å². The largest absolute Gasteiger partial charge is 0.348 e. The maximum atomic E-state index is 12.5. The minimum atomic E-state index is 0.0209. The zero-order valence-corrected chi connectivity index (χ0v) is 13.1. The maximum absolute atomic E-state index is 12.5. The zero-order valence-electron chi connectivity index (χ0n) is 13.1. The summed E-state index contributed by atoms with van der Waals surface area (Å²) >= 11 is 0. The Morgan fingerprint density at radius 3 is 2.78 bits per heavy atom. The number of nitrogens with zero attached hydrogens (tertiary/aromatic N) is 4. The van der Waals surface area contributed by atoms with Gasteiger partial charge >= 0.3 is 0 Å². The molecule has 2 aliphatic rings. The van der Waals surface area contributed by atoms with Gasteiger partial charge in [0.2, 0.25) is 0 Å². The van der Waals surface area contributed by atoms with Gasteiger partial charge in [-0.25, -0.2) is 9.67 Å². The minimum absolute atomic E-state index is 0.0209. The van der Waals surface area contributed by atoms with Crippen LogP contribution in [0, 0.1) is 0 Å². The van der Waals surface area contributed by atoms with Crippen molar-refractivity contribution in [2.45, 2.75) is 37.8 Å². The lowest BCUT2D eigenvalue weighted by Crippen LogP contribution is -2.46. The van der Waals surface area contributed by atoms with E-state index in [4.69, 9.17) is 0 Å². The summed E-state index contributed by atoms with van der Waals surface area (Å²) in [5.74, 6) is 0.0209. The van der Waals surface area contributed by atoms with Crippen molar-refractivity contribution < 1.29 is 4.79 Å². The first-order valence-electron chi connectivity index (χ1n) is 8.31. The molecule has 6 heteroatoms. The number of aromatic nitrogens is 3. The molecule has 0 radical (unpaired) electrons. The maximum Gasteiger partial charge on any atom is 0.251 e. The number of rotatable bonds is 3. The summed E-state index contributed by atoms with van der Waals surface area (Å²) in [5.41, 5.74) is 1.60. The lowest BCUT2D eigenvalue weighted by atomic mass is 9.99. The Bertz CT molecular complexity index is 667. The molecule has 1 aromatic heterocycles. The van der Waals surface area contributed by atoms with E-state index in [9.17, 15) is 4.79 Å². The highest BCUT2D eigenvalue weighted by Gasteiger charge is 2.36. The molecule has 3 heterocycles. The second kappa shape index (κ2) is 6.12. The highest BCUT2D eigenvalue weighted by molar-refractivity contribution is 5.94. The van der Waals surface area contributed by atoms with Crippen LogP contribution in [0.4, 0.5) is 0 Å². The average Bonchev–Trinajstić information content (AvgIpc) is 3.25. The summed E-state index contributed by atoms with van der Waals surface area (Å²) in [6.45, 7) is 2.30. The van der Waals surface area contributed by atoms with Crippen molar-refractivity contribution in [3.63, 3.8) is 0 Å². The molecule has 2 unspecified atom stereocenters. The molecule has 0 saturated carbocycles. The lowest BCUT2D eigenvalue weighted by Gasteiger charge is -2.32. The van der Waals surface area contributed by atoms with Crippen molar-refractivity contribution in [3.05, 3.63) is 42.5 Å². The van der Waals surface area contributed by atoms with Gasteiger partial charge in [0, 0.05) is 24.2 Å². The van der Waals surface area contributed by atoms with Crippen LogP contribution in [0.25, 0.3) is 5.69 Å². The van der Waals surface area contributed by atoms with Gasteiger partial charge in [-0.2, -0.15) is 5.10 Å². The van der Waals surface area contributed by atoms with Crippen LogP contribution in [-0.2, 0) is 0 Å². The number of amides is 1. The van der Waals surface area contributed by atoms with Crippen LogP contribution in [0.1, 0.15) is 36.0 Å². The summed E-state index contributed by atoms with van der Waals surface area (Å²) < 4.78 is 1.68. The number of fused-ring (bicyclic) bond motifs is 1. The molecular formula is C17H21N5O. The molecule has 0 bridgehead atoms. The van der Waals surface area contributed by atoms with Crippen molar-refractivity contribution in [2.75, 3.05) is 13.1 Å². The summed E-state index contributed by atoms with van der Waals surface area (Å²) in [4.78, 5) is 19.0. The lowest BCUT2D eigenvalue weighted by molar-refractivity contribution is 0.0915. The number of carbonyl (C=O) groups is 1. The quantitative estimate of drug-likeness (QED) is 0.936. The molecule has 23 heavy (non-hydrogen) atoms. The van der Waals surface area contributed by atoms with E-state index in [0.29, 0.717) is 11.6 Å². The molecule has 0 spiro atoms. The SMILES string of the molecule is O=C(NC1CCN2CCCCC12)c1ccc(-n2cncn2)cc1. The highest BCUT2D eigenvalue weighted by Crippen LogP contribution is 2.27. The summed E-state index contributed by atoms with van der Waals surface area (Å²) in [5, 5.41) is 7.32. The van der Waals surface area contributed by atoms with Crippen LogP contribution in [0.3, 0.4) is 0 Å². The molecule has 1 amide bonds. The van der Waals surface area contributed by atoms with E-state index in [2.05, 4.69) is 20.3 Å². The molecule has 2 fully saturated rings. The summed E-state index contributed by atoms with van der Waals surface area (Å²) in [6.07, 6.45) is 7.98. The van der Waals surface area contributed by atoms with Crippen LogP contribution >= 0.6 is 0 Å². The third kappa shape index (κ3) is 2.86. The van der Waals surface area contributed by atoms with E-state index in [0.717, 1.165) is 18.7 Å². The Balaban J connectivity index is 1.43. The fourth-order valence-electron chi connectivity index (χ4n) is 3.77. The number of nitrogens with one attached hydrogen (secondary N) is 1. The molecule has 0 aliphatic carbocycles. The molecule has 120 valence electrons. The van der Waals surface area contributed by atoms with Crippen LogP contribution in [0.5, 0.6) is 0 Å². The number of hydrogen-bond acceptors (Lipinski definition) is 4. The van der Waals surface area contributed by atoms with Gasteiger partial charge in [-0.15, -0.1) is 0 Å². The molecule has 2 atom stereocenters. The first-order valence-corrected chi connectivity index (χ1v) is 8.31. The molecule has 2 aliphatic heterocycles. The van der Waals surface area contributed by atoms with Crippen molar-refractivity contribution >= 4 is 5.91 Å². The fraction of sp³-hybridized carbons (Fsp3) is 0.471. The summed E-state index contributed by atoms with van der Waals surface area (Å²) in [6, 6.07) is 8.30. The van der Waals surface area contributed by atoms with Gasteiger partial charge in [0.05, 0.1) is 5.69 Å². The second-order valence-corrected chi connectivity index (χ2v) is 6.35. The Labute approximate surface area is 135 Å². The van der Waals surface area contributed by atoms with Gasteiger partial charge < -0.3 is 5.32 Å². The molecule has 2 saturated heterocycles. The van der Waals surface area contributed by atoms with Crippen LogP contribution in [-0.4, -0.2) is 50.7 Å². The standard InChI is InChI=1S/C17H21N5O/c23-17(20-15-8-10-21-9-2-1-3-16(15)21)13-4-6-14(7-5-13)22-12-18-11-19-22/h4-7,11-12,15-16H,1-3,8-10H2,(H,20,23). The normalized spacial score (nSPS) is 24.3. The van der Waals surface area contributed by atoms with Crippen molar-refractivity contribution in [1.29, 1.82) is 0 Å². The zero-order chi connectivity index (χ0) is 15.6. The van der Waals surface area contributed by atoms with Gasteiger partial charge in [0.1, 0.15) is 12.7 Å². The smallest absolute Gasteiger partial charge is 0.251 e. The van der Waals surface area contributed by atoms with Crippen molar-refractivity contribution in [1.82, 2.24) is 25.0 Å². The topological polar surface area (TPSA) is 63.1 Å². The number of hydrogen-bond donors (Lipinski definition) is 1. The summed E-state index contributed by atoms with van der Waals surface area (Å²) in [7, 11) is 0. The Kier molecular flexibility index (Phi) is 3.83. The van der Waals surface area contributed by atoms with E-state index < -0.39 is 0 Å². The third-order valence-electron chi connectivity index (χ3n) is 4.99. The molecule has 6 nitrogen and oxygen atoms in total. The highest BCUT2D eigenvalue weighted by atomic mass is 16.1. The molecule has 2 aromatic rings. The Morgan fingerprint density at radius 1 is 1.13 bits per heavy atom. The van der Waals surface area contributed by atoms with E-state index in [1.807, 2.05) is 24.3 Å². The van der Waals surface area contributed by atoms with Gasteiger partial charge in [0.15, 0.2) is 0 Å². The van der Waals surface area contributed by atoms with E-state index in [1.54, 1.807) is 11.0 Å². The average molecular weight is 311 g/mol. The van der Waals surface area contributed by atoms with Gasteiger partial charge in [-0.05, 0) is 50.1 Å². The van der Waals surface area contributed by atoms with Gasteiger partial charge in [-0.3, -0.25) is 9.69 Å². The van der Waals surface area contributed by atoms with Crippen LogP contribution in [0.15, 0.2) is 36.9 Å². The molecular weight excluding hydrogens is 290 g/mol. The van der Waals surface area contributed by atoms with Crippen molar-refractivity contribution in [2.24, 2.45) is 0 Å². The number of piperidine rings is 1. The predicted molar refractivity (Wildman–Crippen MR) is 86.4 cm³/mol. The number of benzene rings is 1. The van der Waals surface area contributed by atoms with E-state index >= 15 is 0 Å². The predicted octanol–water partition coefficient (Wildman–Crippen LogP) is 1.62. The second-order valence-electron chi connectivity index (χ2n) is 6.35. The molecule has 1 N–H and O–H groups in total. The molecule has 1 aromatic carbocycles. The molecule has 4 rings (SSSR count). The van der Waals surface area contributed by atoms with Gasteiger partial charge in [-0.1, -0.05) is 6.42 Å². The minimum Gasteiger partial charge on any atom is -0.348 e. The van der Waals surface area contributed by atoms with E-state index in [1.165, 1.54) is 32.1 Å². The van der Waals surface area contributed by atoms with Crippen LogP contribution in [0.2, 0.25) is 0 Å². The fourth-order valence-corrected chi connectivity index (χ4v) is 3.77.